The molecule has 1 aromatic rings. The molecule has 1 fully saturated rings. The molecule has 1 aliphatic heterocycles. The zero-order valence-corrected chi connectivity index (χ0v) is 11.3. The molecule has 0 aliphatic carbocycles. The van der Waals surface area contributed by atoms with Crippen molar-refractivity contribution >= 4 is 0 Å². The van der Waals surface area contributed by atoms with E-state index < -0.39 is 0 Å². The molecule has 1 unspecified atom stereocenters. The van der Waals surface area contributed by atoms with Gasteiger partial charge < -0.3 is 15.4 Å². The van der Waals surface area contributed by atoms with Gasteiger partial charge in [-0.25, -0.2) is 0 Å². The standard InChI is InChI=1S/C15H24N2O/c1-17-10-2-3-14(11-17)12-18-15-6-4-13(5-7-15)8-9-16/h4-7,14H,2-3,8-12,16H2,1H3. The minimum Gasteiger partial charge on any atom is -0.493 e. The molecule has 1 saturated heterocycles. The van der Waals surface area contributed by atoms with E-state index in [0.29, 0.717) is 12.5 Å². The van der Waals surface area contributed by atoms with E-state index in [1.165, 1.54) is 24.9 Å². The van der Waals surface area contributed by atoms with Gasteiger partial charge in [0.05, 0.1) is 6.61 Å². The third kappa shape index (κ3) is 4.00. The van der Waals surface area contributed by atoms with Gasteiger partial charge in [-0.2, -0.15) is 0 Å². The number of piperidine rings is 1. The lowest BCUT2D eigenvalue weighted by Crippen LogP contribution is -2.34. The van der Waals surface area contributed by atoms with Gasteiger partial charge in [0.1, 0.15) is 5.75 Å². The first-order chi connectivity index (χ1) is 8.78. The van der Waals surface area contributed by atoms with Crippen LogP contribution < -0.4 is 10.5 Å². The molecule has 1 heterocycles. The molecule has 100 valence electrons. The van der Waals surface area contributed by atoms with Crippen molar-refractivity contribution in [2.45, 2.75) is 19.3 Å². The molecular formula is C15H24N2O. The van der Waals surface area contributed by atoms with Crippen molar-refractivity contribution in [1.29, 1.82) is 0 Å². The number of hydrogen-bond donors (Lipinski definition) is 1. The molecule has 2 rings (SSSR count). The second-order valence-corrected chi connectivity index (χ2v) is 5.26. The fraction of sp³-hybridized carbons (Fsp3) is 0.600. The van der Waals surface area contributed by atoms with Gasteiger partial charge in [-0.1, -0.05) is 12.1 Å². The lowest BCUT2D eigenvalue weighted by atomic mass is 9.99. The highest BCUT2D eigenvalue weighted by molar-refractivity contribution is 5.27. The monoisotopic (exact) mass is 248 g/mol. The van der Waals surface area contributed by atoms with E-state index in [2.05, 4.69) is 36.2 Å². The first-order valence-corrected chi connectivity index (χ1v) is 6.88. The van der Waals surface area contributed by atoms with Crippen LogP contribution >= 0.6 is 0 Å². The highest BCUT2D eigenvalue weighted by atomic mass is 16.5. The van der Waals surface area contributed by atoms with Crippen LogP contribution in [-0.2, 0) is 6.42 Å². The summed E-state index contributed by atoms with van der Waals surface area (Å²) in [4.78, 5) is 2.39. The molecule has 0 aromatic heterocycles. The number of nitrogens with two attached hydrogens (primary N) is 1. The summed E-state index contributed by atoms with van der Waals surface area (Å²) < 4.78 is 5.87. The maximum atomic E-state index is 5.87. The van der Waals surface area contributed by atoms with Crippen LogP contribution in [0.25, 0.3) is 0 Å². The Labute approximate surface area is 110 Å². The number of benzene rings is 1. The Kier molecular flexibility index (Phi) is 5.02. The Bertz CT molecular complexity index is 350. The van der Waals surface area contributed by atoms with Crippen LogP contribution in [0.5, 0.6) is 5.75 Å². The summed E-state index contributed by atoms with van der Waals surface area (Å²) in [6, 6.07) is 8.32. The van der Waals surface area contributed by atoms with Crippen molar-refractivity contribution in [3.05, 3.63) is 29.8 Å². The summed E-state index contributed by atoms with van der Waals surface area (Å²) in [5.74, 6) is 1.65. The molecule has 0 bridgehead atoms. The van der Waals surface area contributed by atoms with E-state index >= 15 is 0 Å². The minimum atomic E-state index is 0.674. The highest BCUT2D eigenvalue weighted by Gasteiger charge is 2.17. The van der Waals surface area contributed by atoms with Crippen molar-refractivity contribution in [3.63, 3.8) is 0 Å². The predicted molar refractivity (Wildman–Crippen MR) is 74.9 cm³/mol. The Morgan fingerprint density at radius 3 is 2.78 bits per heavy atom. The van der Waals surface area contributed by atoms with Crippen LogP contribution in [0.3, 0.4) is 0 Å². The summed E-state index contributed by atoms with van der Waals surface area (Å²) in [6.45, 7) is 3.92. The number of rotatable bonds is 5. The molecule has 1 atom stereocenters. The van der Waals surface area contributed by atoms with Crippen LogP contribution in [0.1, 0.15) is 18.4 Å². The van der Waals surface area contributed by atoms with E-state index in [-0.39, 0.29) is 0 Å². The second-order valence-electron chi connectivity index (χ2n) is 5.26. The van der Waals surface area contributed by atoms with Crippen LogP contribution in [-0.4, -0.2) is 38.2 Å². The second kappa shape index (κ2) is 6.76. The van der Waals surface area contributed by atoms with Crippen molar-refractivity contribution < 1.29 is 4.74 Å². The van der Waals surface area contributed by atoms with E-state index in [4.69, 9.17) is 10.5 Å². The first-order valence-electron chi connectivity index (χ1n) is 6.88. The maximum absolute atomic E-state index is 5.87. The van der Waals surface area contributed by atoms with Gasteiger partial charge in [0, 0.05) is 12.5 Å². The molecule has 0 radical (unpaired) electrons. The molecule has 3 heteroatoms. The summed E-state index contributed by atoms with van der Waals surface area (Å²) in [6.07, 6.45) is 3.52. The molecule has 0 saturated carbocycles. The lowest BCUT2D eigenvalue weighted by Gasteiger charge is -2.29. The quantitative estimate of drug-likeness (QED) is 0.865. The van der Waals surface area contributed by atoms with Gasteiger partial charge in [-0.15, -0.1) is 0 Å². The van der Waals surface area contributed by atoms with Crippen LogP contribution in [0, 0.1) is 5.92 Å². The van der Waals surface area contributed by atoms with Crippen LogP contribution in [0.2, 0.25) is 0 Å². The SMILES string of the molecule is CN1CCCC(COc2ccc(CCN)cc2)C1. The Balaban J connectivity index is 1.78. The largest absolute Gasteiger partial charge is 0.493 e. The Hall–Kier alpha value is -1.06. The van der Waals surface area contributed by atoms with Gasteiger partial charge in [0.25, 0.3) is 0 Å². The van der Waals surface area contributed by atoms with Gasteiger partial charge in [-0.05, 0) is 57.1 Å². The van der Waals surface area contributed by atoms with Crippen molar-refractivity contribution in [2.75, 3.05) is 33.3 Å². The summed E-state index contributed by atoms with van der Waals surface area (Å²) in [7, 11) is 2.19. The number of likely N-dealkylation sites (tertiary alicyclic amines) is 1. The summed E-state index contributed by atoms with van der Waals surface area (Å²) in [5, 5.41) is 0. The fourth-order valence-corrected chi connectivity index (χ4v) is 2.54. The molecule has 1 aromatic carbocycles. The molecule has 1 aliphatic rings. The molecular weight excluding hydrogens is 224 g/mol. The number of hydrogen-bond acceptors (Lipinski definition) is 3. The summed E-state index contributed by atoms with van der Waals surface area (Å²) >= 11 is 0. The topological polar surface area (TPSA) is 38.5 Å². The molecule has 3 nitrogen and oxygen atoms in total. The van der Waals surface area contributed by atoms with Crippen molar-refractivity contribution in [1.82, 2.24) is 4.90 Å². The normalized spacial score (nSPS) is 20.9. The average Bonchev–Trinajstić information content (AvgIpc) is 2.38. The third-order valence-corrected chi connectivity index (χ3v) is 3.56. The first kappa shape index (κ1) is 13.4. The molecule has 0 spiro atoms. The predicted octanol–water partition coefficient (Wildman–Crippen LogP) is 1.91. The average molecular weight is 248 g/mol. The summed E-state index contributed by atoms with van der Waals surface area (Å²) in [5.41, 5.74) is 6.81. The minimum absolute atomic E-state index is 0.674. The van der Waals surface area contributed by atoms with Crippen molar-refractivity contribution in [3.8, 4) is 5.75 Å². The smallest absolute Gasteiger partial charge is 0.119 e. The Morgan fingerprint density at radius 1 is 1.33 bits per heavy atom. The van der Waals surface area contributed by atoms with Crippen molar-refractivity contribution in [2.24, 2.45) is 11.7 Å². The molecule has 0 amide bonds. The molecule has 18 heavy (non-hydrogen) atoms. The van der Waals surface area contributed by atoms with Crippen LogP contribution in [0.15, 0.2) is 24.3 Å². The molecule has 2 N–H and O–H groups in total. The fourth-order valence-electron chi connectivity index (χ4n) is 2.54. The maximum Gasteiger partial charge on any atom is 0.119 e. The van der Waals surface area contributed by atoms with E-state index in [1.807, 2.05) is 0 Å². The number of nitrogens with zero attached hydrogens (tertiary/aromatic N) is 1. The highest BCUT2D eigenvalue weighted by Crippen LogP contribution is 2.18. The van der Waals surface area contributed by atoms with E-state index in [0.717, 1.165) is 25.3 Å². The van der Waals surface area contributed by atoms with Gasteiger partial charge in [0.2, 0.25) is 0 Å². The van der Waals surface area contributed by atoms with Crippen LogP contribution in [0.4, 0.5) is 0 Å². The zero-order valence-electron chi connectivity index (χ0n) is 11.3. The Morgan fingerprint density at radius 2 is 2.11 bits per heavy atom. The van der Waals surface area contributed by atoms with E-state index in [1.54, 1.807) is 0 Å². The third-order valence-electron chi connectivity index (χ3n) is 3.56. The van der Waals surface area contributed by atoms with Gasteiger partial charge >= 0.3 is 0 Å². The van der Waals surface area contributed by atoms with Gasteiger partial charge in [0.15, 0.2) is 0 Å². The zero-order chi connectivity index (χ0) is 12.8. The van der Waals surface area contributed by atoms with E-state index in [9.17, 15) is 0 Å². The van der Waals surface area contributed by atoms with Gasteiger partial charge in [-0.3, -0.25) is 0 Å². The number of ether oxygens (including phenoxy) is 1. The lowest BCUT2D eigenvalue weighted by molar-refractivity contribution is 0.150.